The van der Waals surface area contributed by atoms with Crippen LogP contribution in [0.25, 0.3) is 0 Å². The molecular formula is C20H24N2O. The van der Waals surface area contributed by atoms with Crippen LogP contribution in [0.15, 0.2) is 65.7 Å². The molecule has 0 aliphatic heterocycles. The second-order valence-corrected chi connectivity index (χ2v) is 6.08. The SMILES string of the molecule is CC(CN(C)C)C(=NC(=O)Cc1ccccc1)c1ccccc1. The number of amides is 1. The van der Waals surface area contributed by atoms with Gasteiger partial charge in [0.15, 0.2) is 0 Å². The number of hydrogen-bond acceptors (Lipinski definition) is 2. The molecule has 1 amide bonds. The van der Waals surface area contributed by atoms with E-state index >= 15 is 0 Å². The third-order valence-corrected chi connectivity index (χ3v) is 3.62. The quantitative estimate of drug-likeness (QED) is 0.766. The molecule has 0 N–H and O–H groups in total. The molecule has 1 unspecified atom stereocenters. The van der Waals surface area contributed by atoms with Gasteiger partial charge in [-0.25, -0.2) is 4.99 Å². The highest BCUT2D eigenvalue weighted by Crippen LogP contribution is 2.12. The van der Waals surface area contributed by atoms with Crippen LogP contribution in [-0.4, -0.2) is 37.2 Å². The zero-order chi connectivity index (χ0) is 16.7. The van der Waals surface area contributed by atoms with E-state index in [0.29, 0.717) is 6.42 Å². The Kier molecular flexibility index (Phi) is 6.24. The molecule has 0 aromatic heterocycles. The van der Waals surface area contributed by atoms with Gasteiger partial charge in [0.05, 0.1) is 12.1 Å². The molecule has 2 rings (SSSR count). The molecule has 0 fully saturated rings. The van der Waals surface area contributed by atoms with Gasteiger partial charge < -0.3 is 4.90 Å². The predicted octanol–water partition coefficient (Wildman–Crippen LogP) is 3.44. The first-order valence-corrected chi connectivity index (χ1v) is 7.91. The van der Waals surface area contributed by atoms with Crippen molar-refractivity contribution >= 4 is 11.6 Å². The summed E-state index contributed by atoms with van der Waals surface area (Å²) in [6.45, 7) is 2.97. The van der Waals surface area contributed by atoms with Crippen LogP contribution in [0, 0.1) is 5.92 Å². The van der Waals surface area contributed by atoms with Gasteiger partial charge in [0.1, 0.15) is 0 Å². The van der Waals surface area contributed by atoms with Crippen LogP contribution in [0.1, 0.15) is 18.1 Å². The van der Waals surface area contributed by atoms with E-state index in [9.17, 15) is 4.79 Å². The van der Waals surface area contributed by atoms with Gasteiger partial charge in [-0.15, -0.1) is 0 Å². The Morgan fingerprint density at radius 1 is 1.00 bits per heavy atom. The lowest BCUT2D eigenvalue weighted by atomic mass is 9.97. The van der Waals surface area contributed by atoms with E-state index in [-0.39, 0.29) is 11.8 Å². The lowest BCUT2D eigenvalue weighted by Crippen LogP contribution is -2.27. The third kappa shape index (κ3) is 5.46. The summed E-state index contributed by atoms with van der Waals surface area (Å²) in [5, 5.41) is 0. The molecule has 2 aromatic carbocycles. The standard InChI is InChI=1S/C20H24N2O/c1-16(15-22(2)3)20(18-12-8-5-9-13-18)21-19(23)14-17-10-6-4-7-11-17/h4-13,16H,14-15H2,1-3H3. The maximum Gasteiger partial charge on any atom is 0.250 e. The molecule has 120 valence electrons. The van der Waals surface area contributed by atoms with Crippen molar-refractivity contribution in [2.75, 3.05) is 20.6 Å². The molecule has 0 radical (unpaired) electrons. The van der Waals surface area contributed by atoms with Gasteiger partial charge in [-0.05, 0) is 25.2 Å². The van der Waals surface area contributed by atoms with Crippen molar-refractivity contribution in [3.8, 4) is 0 Å². The molecule has 0 aliphatic carbocycles. The third-order valence-electron chi connectivity index (χ3n) is 3.62. The number of rotatable bonds is 6. The van der Waals surface area contributed by atoms with E-state index < -0.39 is 0 Å². The van der Waals surface area contributed by atoms with E-state index in [0.717, 1.165) is 23.4 Å². The van der Waals surface area contributed by atoms with Crippen molar-refractivity contribution in [3.05, 3.63) is 71.8 Å². The minimum atomic E-state index is -0.0966. The van der Waals surface area contributed by atoms with Crippen molar-refractivity contribution in [1.29, 1.82) is 0 Å². The number of carbonyl (C=O) groups is 1. The van der Waals surface area contributed by atoms with Crippen molar-refractivity contribution < 1.29 is 4.79 Å². The van der Waals surface area contributed by atoms with Crippen LogP contribution < -0.4 is 0 Å². The molecule has 0 aliphatic rings. The second-order valence-electron chi connectivity index (χ2n) is 6.08. The largest absolute Gasteiger partial charge is 0.309 e. The summed E-state index contributed by atoms with van der Waals surface area (Å²) >= 11 is 0. The van der Waals surface area contributed by atoms with Crippen molar-refractivity contribution in [2.24, 2.45) is 10.9 Å². The predicted molar refractivity (Wildman–Crippen MR) is 95.9 cm³/mol. The van der Waals surface area contributed by atoms with Gasteiger partial charge in [0.2, 0.25) is 5.91 Å². The molecule has 2 aromatic rings. The highest BCUT2D eigenvalue weighted by molar-refractivity contribution is 6.08. The summed E-state index contributed by atoms with van der Waals surface area (Å²) in [4.78, 5) is 18.9. The van der Waals surface area contributed by atoms with Crippen LogP contribution >= 0.6 is 0 Å². The summed E-state index contributed by atoms with van der Waals surface area (Å²) in [6, 6.07) is 19.7. The molecular weight excluding hydrogens is 284 g/mol. The van der Waals surface area contributed by atoms with Gasteiger partial charge >= 0.3 is 0 Å². The Balaban J connectivity index is 2.23. The molecule has 0 saturated heterocycles. The minimum absolute atomic E-state index is 0.0966. The monoisotopic (exact) mass is 308 g/mol. The summed E-state index contributed by atoms with van der Waals surface area (Å²) in [5.74, 6) is 0.0905. The van der Waals surface area contributed by atoms with E-state index in [1.807, 2.05) is 74.8 Å². The van der Waals surface area contributed by atoms with Gasteiger partial charge in [-0.2, -0.15) is 0 Å². The maximum atomic E-state index is 12.4. The average Bonchev–Trinajstić information content (AvgIpc) is 2.53. The van der Waals surface area contributed by atoms with Crippen molar-refractivity contribution in [2.45, 2.75) is 13.3 Å². The lowest BCUT2D eigenvalue weighted by molar-refractivity contribution is -0.117. The molecule has 0 heterocycles. The first kappa shape index (κ1) is 17.1. The van der Waals surface area contributed by atoms with E-state index in [2.05, 4.69) is 16.8 Å². The van der Waals surface area contributed by atoms with Crippen molar-refractivity contribution in [3.63, 3.8) is 0 Å². The van der Waals surface area contributed by atoms with Gasteiger partial charge in [-0.1, -0.05) is 67.6 Å². The fourth-order valence-corrected chi connectivity index (χ4v) is 2.65. The lowest BCUT2D eigenvalue weighted by Gasteiger charge is -2.19. The summed E-state index contributed by atoms with van der Waals surface area (Å²) in [7, 11) is 4.07. The number of carbonyl (C=O) groups excluding carboxylic acids is 1. The highest BCUT2D eigenvalue weighted by atomic mass is 16.1. The average molecular weight is 308 g/mol. The van der Waals surface area contributed by atoms with Gasteiger partial charge in [-0.3, -0.25) is 4.79 Å². The fraction of sp³-hybridized carbons (Fsp3) is 0.300. The molecule has 3 nitrogen and oxygen atoms in total. The molecule has 0 saturated carbocycles. The molecule has 1 atom stereocenters. The minimum Gasteiger partial charge on any atom is -0.309 e. The van der Waals surface area contributed by atoms with Crippen LogP contribution in [0.5, 0.6) is 0 Å². The number of benzene rings is 2. The zero-order valence-electron chi connectivity index (χ0n) is 14.1. The highest BCUT2D eigenvalue weighted by Gasteiger charge is 2.16. The van der Waals surface area contributed by atoms with Gasteiger partial charge in [0.25, 0.3) is 0 Å². The Bertz CT molecular complexity index is 648. The molecule has 0 bridgehead atoms. The van der Waals surface area contributed by atoms with E-state index in [1.165, 1.54) is 0 Å². The maximum absolute atomic E-state index is 12.4. The van der Waals surface area contributed by atoms with Crippen LogP contribution in [0.4, 0.5) is 0 Å². The molecule has 3 heteroatoms. The number of hydrogen-bond donors (Lipinski definition) is 0. The summed E-state index contributed by atoms with van der Waals surface area (Å²) in [6.07, 6.45) is 0.339. The van der Waals surface area contributed by atoms with Crippen LogP contribution in [0.2, 0.25) is 0 Å². The first-order valence-electron chi connectivity index (χ1n) is 7.91. The fourth-order valence-electron chi connectivity index (χ4n) is 2.65. The Hall–Kier alpha value is -2.26. The number of aliphatic imine (C=N–C) groups is 1. The summed E-state index contributed by atoms with van der Waals surface area (Å²) in [5.41, 5.74) is 2.87. The Morgan fingerprint density at radius 2 is 1.57 bits per heavy atom. The van der Waals surface area contributed by atoms with Gasteiger partial charge in [0, 0.05) is 12.5 Å². The van der Waals surface area contributed by atoms with E-state index in [1.54, 1.807) is 0 Å². The Morgan fingerprint density at radius 3 is 2.13 bits per heavy atom. The van der Waals surface area contributed by atoms with Crippen LogP contribution in [-0.2, 0) is 11.2 Å². The summed E-state index contributed by atoms with van der Waals surface area (Å²) < 4.78 is 0. The first-order chi connectivity index (χ1) is 11.1. The van der Waals surface area contributed by atoms with Crippen LogP contribution in [0.3, 0.4) is 0 Å². The van der Waals surface area contributed by atoms with Crippen molar-refractivity contribution in [1.82, 2.24) is 4.90 Å². The molecule has 23 heavy (non-hydrogen) atoms. The van der Waals surface area contributed by atoms with E-state index in [4.69, 9.17) is 0 Å². The molecule has 0 spiro atoms. The normalized spacial score (nSPS) is 13.1. The topological polar surface area (TPSA) is 32.7 Å². The smallest absolute Gasteiger partial charge is 0.250 e. The number of nitrogens with zero attached hydrogens (tertiary/aromatic N) is 2. The zero-order valence-corrected chi connectivity index (χ0v) is 14.1. The second kappa shape index (κ2) is 8.39. The Labute approximate surface area is 138 Å².